The van der Waals surface area contributed by atoms with Gasteiger partial charge in [-0.05, 0) is 0 Å². The van der Waals surface area contributed by atoms with Gasteiger partial charge >= 0.3 is 6.09 Å². The summed E-state index contributed by atoms with van der Waals surface area (Å²) >= 11 is 0. The highest BCUT2D eigenvalue weighted by Crippen LogP contribution is 1.64. The number of hydrogen-bond acceptors (Lipinski definition) is 3. The number of hydrazine groups is 2. The summed E-state index contributed by atoms with van der Waals surface area (Å²) in [6, 6.07) is 0. The van der Waals surface area contributed by atoms with Crippen LogP contribution in [-0.4, -0.2) is 23.4 Å². The Bertz CT molecular complexity index is 73.3. The molecule has 0 aromatic carbocycles. The third-order valence-electron chi connectivity index (χ3n) is 0.447. The first-order valence-electron chi connectivity index (χ1n) is 1.63. The Morgan fingerprint density at radius 2 is 2.43 bits per heavy atom. The fourth-order valence-electron chi connectivity index (χ4n) is 0.0956. The first-order valence-corrected chi connectivity index (χ1v) is 1.63. The molecule has 4 N–H and O–H groups in total. The van der Waals surface area contributed by atoms with Crippen molar-refractivity contribution in [2.24, 2.45) is 5.84 Å². The largest absolute Gasteiger partial charge is 0.463 e. The van der Waals surface area contributed by atoms with Crippen molar-refractivity contribution in [1.29, 1.82) is 0 Å². The zero-order valence-corrected chi connectivity index (χ0v) is 3.88. The third-order valence-corrected chi connectivity index (χ3v) is 0.447. The summed E-state index contributed by atoms with van der Waals surface area (Å²) in [4.78, 5) is 9.67. The van der Waals surface area contributed by atoms with Crippen LogP contribution in [0.5, 0.6) is 0 Å². The molecule has 0 unspecified atom stereocenters. The van der Waals surface area contributed by atoms with Crippen LogP contribution in [0.15, 0.2) is 0 Å². The molecule has 5 nitrogen and oxygen atoms in total. The van der Waals surface area contributed by atoms with Gasteiger partial charge in [0.15, 0.2) is 0 Å². The lowest BCUT2D eigenvalue weighted by atomic mass is 11.2. The van der Waals surface area contributed by atoms with E-state index in [0.29, 0.717) is 5.12 Å². The van der Waals surface area contributed by atoms with E-state index in [1.807, 2.05) is 0 Å². The van der Waals surface area contributed by atoms with Crippen LogP contribution in [0, 0.1) is 0 Å². The second-order valence-electron chi connectivity index (χ2n) is 0.876. The van der Waals surface area contributed by atoms with Gasteiger partial charge in [-0.2, -0.15) is 5.12 Å². The highest BCUT2D eigenvalue weighted by molar-refractivity contribution is 5.63. The molecule has 42 valence electrons. The standard InChI is InChI=1S/C2H7N3O2/c1-4-5(3)2(6)7/h4H,3H2,1H3,(H,6,7). The van der Waals surface area contributed by atoms with Gasteiger partial charge in [0.2, 0.25) is 0 Å². The fraction of sp³-hybridized carbons (Fsp3) is 0.500. The summed E-state index contributed by atoms with van der Waals surface area (Å²) in [5.41, 5.74) is 2.18. The highest BCUT2D eigenvalue weighted by atomic mass is 16.4. The molecular weight excluding hydrogens is 98.0 g/mol. The average Bonchev–Trinajstić information content (AvgIpc) is 1.65. The van der Waals surface area contributed by atoms with Crippen LogP contribution in [0.1, 0.15) is 0 Å². The molecule has 0 aliphatic rings. The van der Waals surface area contributed by atoms with Gasteiger partial charge in [0.05, 0.1) is 0 Å². The van der Waals surface area contributed by atoms with E-state index >= 15 is 0 Å². The topological polar surface area (TPSA) is 78.6 Å². The van der Waals surface area contributed by atoms with Gasteiger partial charge in [0, 0.05) is 7.05 Å². The van der Waals surface area contributed by atoms with Crippen LogP contribution in [0.3, 0.4) is 0 Å². The van der Waals surface area contributed by atoms with Crippen LogP contribution in [0.2, 0.25) is 0 Å². The van der Waals surface area contributed by atoms with Crippen molar-refractivity contribution in [3.63, 3.8) is 0 Å². The van der Waals surface area contributed by atoms with Crippen molar-refractivity contribution in [1.82, 2.24) is 10.5 Å². The molecule has 0 saturated heterocycles. The summed E-state index contributed by atoms with van der Waals surface area (Å²) in [5, 5.41) is 8.38. The van der Waals surface area contributed by atoms with Crippen LogP contribution in [0.25, 0.3) is 0 Å². The molecule has 0 aromatic heterocycles. The van der Waals surface area contributed by atoms with E-state index in [1.165, 1.54) is 7.05 Å². The average molecular weight is 105 g/mol. The maximum absolute atomic E-state index is 9.67. The molecule has 1 amide bonds. The quantitative estimate of drug-likeness (QED) is 0.226. The molecule has 0 radical (unpaired) electrons. The van der Waals surface area contributed by atoms with E-state index in [4.69, 9.17) is 10.9 Å². The van der Waals surface area contributed by atoms with E-state index in [2.05, 4.69) is 5.43 Å². The molecule has 0 aliphatic heterocycles. The molecule has 5 heteroatoms. The summed E-state index contributed by atoms with van der Waals surface area (Å²) < 4.78 is 0. The maximum atomic E-state index is 9.67. The van der Waals surface area contributed by atoms with Crippen molar-refractivity contribution < 1.29 is 9.90 Å². The number of nitrogens with zero attached hydrogens (tertiary/aromatic N) is 1. The van der Waals surface area contributed by atoms with Gasteiger partial charge in [-0.3, -0.25) is 0 Å². The van der Waals surface area contributed by atoms with Crippen molar-refractivity contribution >= 4 is 6.09 Å². The molecule has 0 atom stereocenters. The normalized spacial score (nSPS) is 8.29. The van der Waals surface area contributed by atoms with E-state index in [1.54, 1.807) is 0 Å². The number of rotatable bonds is 1. The highest BCUT2D eigenvalue weighted by Gasteiger charge is 1.98. The SMILES string of the molecule is CNN(N)C(=O)O. The predicted molar refractivity (Wildman–Crippen MR) is 23.1 cm³/mol. The lowest BCUT2D eigenvalue weighted by Gasteiger charge is -2.07. The van der Waals surface area contributed by atoms with E-state index < -0.39 is 6.09 Å². The molecule has 0 saturated carbocycles. The zero-order valence-electron chi connectivity index (χ0n) is 3.88. The van der Waals surface area contributed by atoms with E-state index in [9.17, 15) is 4.79 Å². The second-order valence-corrected chi connectivity index (χ2v) is 0.876. The molecule has 7 heavy (non-hydrogen) atoms. The number of nitrogens with one attached hydrogen (secondary N) is 1. The maximum Gasteiger partial charge on any atom is 0.436 e. The van der Waals surface area contributed by atoms with Crippen LogP contribution < -0.4 is 11.3 Å². The van der Waals surface area contributed by atoms with Crippen molar-refractivity contribution in [3.8, 4) is 0 Å². The molecule has 0 aliphatic carbocycles. The summed E-state index contributed by atoms with van der Waals surface area (Å²) in [5.74, 6) is 4.74. The molecule has 0 heterocycles. The predicted octanol–water partition coefficient (Wildman–Crippen LogP) is -1.03. The van der Waals surface area contributed by atoms with Crippen LogP contribution >= 0.6 is 0 Å². The Morgan fingerprint density at radius 1 is 2.00 bits per heavy atom. The zero-order chi connectivity index (χ0) is 5.86. The molecule has 0 fully saturated rings. The summed E-state index contributed by atoms with van der Waals surface area (Å²) in [6.45, 7) is 0. The minimum Gasteiger partial charge on any atom is -0.463 e. The smallest absolute Gasteiger partial charge is 0.436 e. The molecular formula is C2H7N3O2. The first-order chi connectivity index (χ1) is 3.18. The Labute approximate surface area is 40.6 Å². The van der Waals surface area contributed by atoms with Gasteiger partial charge in [-0.15, -0.1) is 0 Å². The third kappa shape index (κ3) is 1.96. The van der Waals surface area contributed by atoms with Crippen LogP contribution in [-0.2, 0) is 0 Å². The lowest BCUT2D eigenvalue weighted by Crippen LogP contribution is -2.45. The minimum atomic E-state index is -1.21. The second kappa shape index (κ2) is 2.38. The van der Waals surface area contributed by atoms with Gasteiger partial charge in [-0.25, -0.2) is 16.1 Å². The Morgan fingerprint density at radius 3 is 2.43 bits per heavy atom. The first kappa shape index (κ1) is 6.19. The van der Waals surface area contributed by atoms with Gasteiger partial charge < -0.3 is 5.11 Å². The number of hydrogen-bond donors (Lipinski definition) is 3. The lowest BCUT2D eigenvalue weighted by molar-refractivity contribution is 0.127. The van der Waals surface area contributed by atoms with Crippen molar-refractivity contribution in [2.75, 3.05) is 7.05 Å². The minimum absolute atomic E-state index is 0.458. The van der Waals surface area contributed by atoms with Crippen molar-refractivity contribution in [3.05, 3.63) is 0 Å². The monoisotopic (exact) mass is 105 g/mol. The Balaban J connectivity index is 3.34. The molecule has 0 rings (SSSR count). The number of carboxylic acid groups (broad SMARTS) is 1. The fourth-order valence-corrected chi connectivity index (χ4v) is 0.0956. The van der Waals surface area contributed by atoms with Crippen molar-refractivity contribution in [2.45, 2.75) is 0 Å². The van der Waals surface area contributed by atoms with Gasteiger partial charge in [-0.1, -0.05) is 0 Å². The van der Waals surface area contributed by atoms with E-state index in [-0.39, 0.29) is 0 Å². The molecule has 0 bridgehead atoms. The number of amides is 1. The summed E-state index contributed by atoms with van der Waals surface area (Å²) in [7, 11) is 1.41. The van der Waals surface area contributed by atoms with Gasteiger partial charge in [0.25, 0.3) is 0 Å². The van der Waals surface area contributed by atoms with E-state index in [0.717, 1.165) is 0 Å². The number of nitrogens with two attached hydrogens (primary N) is 1. The van der Waals surface area contributed by atoms with Gasteiger partial charge in [0.1, 0.15) is 0 Å². The Kier molecular flexibility index (Phi) is 2.10. The summed E-state index contributed by atoms with van der Waals surface area (Å²) in [6.07, 6.45) is -1.21. The molecule has 0 spiro atoms. The van der Waals surface area contributed by atoms with Crippen LogP contribution in [0.4, 0.5) is 4.79 Å². The number of carbonyl (C=O) groups is 1. The molecule has 0 aromatic rings. The Hall–Kier alpha value is -0.810.